The Morgan fingerprint density at radius 3 is 2.20 bits per heavy atom. The Morgan fingerprint density at radius 2 is 1.68 bits per heavy atom. The van der Waals surface area contributed by atoms with Crippen LogP contribution in [0.2, 0.25) is 0 Å². The fourth-order valence-electron chi connectivity index (χ4n) is 2.88. The van der Waals surface area contributed by atoms with Crippen LogP contribution in [-0.4, -0.2) is 15.7 Å². The number of benzene rings is 1. The summed E-state index contributed by atoms with van der Waals surface area (Å²) in [6.07, 6.45) is 0. The first kappa shape index (κ1) is 18.5. The van der Waals surface area contributed by atoms with E-state index in [0.717, 1.165) is 10.1 Å². The zero-order valence-corrected chi connectivity index (χ0v) is 15.4. The van der Waals surface area contributed by atoms with E-state index < -0.39 is 11.2 Å². The van der Waals surface area contributed by atoms with Gasteiger partial charge >= 0.3 is 5.69 Å². The van der Waals surface area contributed by atoms with Crippen LogP contribution in [0.3, 0.4) is 0 Å². The molecule has 132 valence electrons. The van der Waals surface area contributed by atoms with Gasteiger partial charge in [0.15, 0.2) is 5.56 Å². The number of nitrogens with zero attached hydrogens (tertiary/aromatic N) is 4. The average molecular weight is 340 g/mol. The summed E-state index contributed by atoms with van der Waals surface area (Å²) in [6, 6.07) is 11.8. The third-order valence-corrected chi connectivity index (χ3v) is 3.93. The maximum atomic E-state index is 12.4. The predicted octanol–water partition coefficient (Wildman–Crippen LogP) is 2.01. The van der Waals surface area contributed by atoms with Crippen molar-refractivity contribution in [1.82, 2.24) is 9.13 Å². The number of nitriles is 1. The van der Waals surface area contributed by atoms with Gasteiger partial charge < -0.3 is 4.90 Å². The van der Waals surface area contributed by atoms with Crippen molar-refractivity contribution in [2.24, 2.45) is 19.5 Å². The summed E-state index contributed by atoms with van der Waals surface area (Å²) < 4.78 is 2.36. The molecule has 0 atom stereocenters. The normalized spacial score (nSPS) is 11.2. The lowest BCUT2D eigenvalue weighted by atomic mass is 9.95. The molecular formula is C19H24N4O2. The monoisotopic (exact) mass is 340 g/mol. The molecule has 0 unspecified atom stereocenters. The maximum Gasteiger partial charge on any atom is 0.332 e. The Balaban J connectivity index is 2.68. The second-order valence-corrected chi connectivity index (χ2v) is 7.42. The first-order valence-electron chi connectivity index (χ1n) is 8.14. The number of hydrogen-bond acceptors (Lipinski definition) is 4. The van der Waals surface area contributed by atoms with E-state index in [1.54, 1.807) is 7.05 Å². The lowest BCUT2D eigenvalue weighted by molar-refractivity contribution is 0.404. The fourth-order valence-corrected chi connectivity index (χ4v) is 2.88. The molecule has 2 rings (SSSR count). The number of aromatic nitrogens is 2. The Morgan fingerprint density at radius 1 is 1.08 bits per heavy atom. The molecule has 0 amide bonds. The van der Waals surface area contributed by atoms with Gasteiger partial charge in [-0.15, -0.1) is 0 Å². The second kappa shape index (κ2) is 6.98. The van der Waals surface area contributed by atoms with Gasteiger partial charge in [0.2, 0.25) is 0 Å². The molecule has 1 aromatic heterocycles. The van der Waals surface area contributed by atoms with Crippen molar-refractivity contribution >= 4 is 5.82 Å². The van der Waals surface area contributed by atoms with Crippen molar-refractivity contribution in [3.8, 4) is 6.07 Å². The summed E-state index contributed by atoms with van der Waals surface area (Å²) in [5.74, 6) is 0.370. The molecule has 1 aromatic carbocycles. The Kier molecular flexibility index (Phi) is 5.17. The molecule has 0 radical (unpaired) electrons. The van der Waals surface area contributed by atoms with Crippen LogP contribution in [0.4, 0.5) is 5.82 Å². The smallest absolute Gasteiger partial charge is 0.332 e. The minimum atomic E-state index is -0.562. The van der Waals surface area contributed by atoms with Crippen LogP contribution in [-0.2, 0) is 20.6 Å². The summed E-state index contributed by atoms with van der Waals surface area (Å²) in [6.45, 7) is 7.34. The van der Waals surface area contributed by atoms with Crippen LogP contribution < -0.4 is 16.1 Å². The Labute approximate surface area is 147 Å². The molecule has 0 spiro atoms. The molecular weight excluding hydrogens is 316 g/mol. The van der Waals surface area contributed by atoms with Gasteiger partial charge in [0.05, 0.1) is 0 Å². The molecule has 0 aliphatic heterocycles. The summed E-state index contributed by atoms with van der Waals surface area (Å²) >= 11 is 0. The summed E-state index contributed by atoms with van der Waals surface area (Å²) in [5, 5.41) is 9.55. The topological polar surface area (TPSA) is 71.0 Å². The fraction of sp³-hybridized carbons (Fsp3) is 0.421. The van der Waals surface area contributed by atoms with Crippen LogP contribution in [0.1, 0.15) is 31.9 Å². The highest BCUT2D eigenvalue weighted by atomic mass is 16.2. The molecule has 6 nitrogen and oxygen atoms in total. The van der Waals surface area contributed by atoms with E-state index in [2.05, 4.69) is 20.8 Å². The molecule has 1 heterocycles. The van der Waals surface area contributed by atoms with Crippen LogP contribution in [0.5, 0.6) is 0 Å². The zero-order chi connectivity index (χ0) is 18.8. The molecule has 25 heavy (non-hydrogen) atoms. The molecule has 0 N–H and O–H groups in total. The number of hydrogen-bond donors (Lipinski definition) is 0. The SMILES string of the molecule is Cn1c(N(Cc2ccccc2)CC(C)(C)C)c(C#N)c(=O)n(C)c1=O. The summed E-state index contributed by atoms with van der Waals surface area (Å²) in [4.78, 5) is 26.7. The third-order valence-electron chi connectivity index (χ3n) is 3.93. The van der Waals surface area contributed by atoms with Gasteiger partial charge in [-0.3, -0.25) is 13.9 Å². The summed E-state index contributed by atoms with van der Waals surface area (Å²) in [7, 11) is 2.99. The average Bonchev–Trinajstić information content (AvgIpc) is 2.55. The maximum absolute atomic E-state index is 12.4. The highest BCUT2D eigenvalue weighted by molar-refractivity contribution is 5.54. The molecule has 0 fully saturated rings. The second-order valence-electron chi connectivity index (χ2n) is 7.42. The van der Waals surface area contributed by atoms with Crippen LogP contribution in [0.25, 0.3) is 0 Å². The minimum absolute atomic E-state index is 0.00946. The van der Waals surface area contributed by atoms with Crippen molar-refractivity contribution in [2.75, 3.05) is 11.4 Å². The lowest BCUT2D eigenvalue weighted by Crippen LogP contribution is -2.44. The Hall–Kier alpha value is -2.81. The van der Waals surface area contributed by atoms with Crippen molar-refractivity contribution in [3.63, 3.8) is 0 Å². The molecule has 0 bridgehead atoms. The minimum Gasteiger partial charge on any atom is -0.352 e. The predicted molar refractivity (Wildman–Crippen MR) is 98.6 cm³/mol. The van der Waals surface area contributed by atoms with Gasteiger partial charge in [-0.05, 0) is 11.0 Å². The van der Waals surface area contributed by atoms with E-state index in [0.29, 0.717) is 18.9 Å². The molecule has 0 aliphatic carbocycles. The van der Waals surface area contributed by atoms with Crippen molar-refractivity contribution in [2.45, 2.75) is 27.3 Å². The van der Waals surface area contributed by atoms with Crippen LogP contribution in [0, 0.1) is 16.7 Å². The molecule has 0 saturated heterocycles. The van der Waals surface area contributed by atoms with E-state index in [1.165, 1.54) is 11.6 Å². The first-order chi connectivity index (χ1) is 11.7. The van der Waals surface area contributed by atoms with Crippen LogP contribution >= 0.6 is 0 Å². The zero-order valence-electron chi connectivity index (χ0n) is 15.4. The molecule has 6 heteroatoms. The van der Waals surface area contributed by atoms with Gasteiger partial charge in [-0.1, -0.05) is 51.1 Å². The summed E-state index contributed by atoms with van der Waals surface area (Å²) in [5.41, 5.74) is -0.0504. The van der Waals surface area contributed by atoms with Gasteiger partial charge in [0.25, 0.3) is 5.56 Å². The van der Waals surface area contributed by atoms with E-state index in [9.17, 15) is 14.9 Å². The van der Waals surface area contributed by atoms with E-state index in [-0.39, 0.29) is 11.0 Å². The van der Waals surface area contributed by atoms with E-state index in [4.69, 9.17) is 0 Å². The quantitative estimate of drug-likeness (QED) is 0.853. The first-order valence-corrected chi connectivity index (χ1v) is 8.14. The van der Waals surface area contributed by atoms with Gasteiger partial charge in [0.1, 0.15) is 11.9 Å². The van der Waals surface area contributed by atoms with Crippen molar-refractivity contribution in [3.05, 3.63) is 62.3 Å². The van der Waals surface area contributed by atoms with E-state index >= 15 is 0 Å². The number of anilines is 1. The van der Waals surface area contributed by atoms with Gasteiger partial charge in [-0.2, -0.15) is 5.26 Å². The van der Waals surface area contributed by atoms with Gasteiger partial charge in [0, 0.05) is 27.2 Å². The number of rotatable bonds is 4. The van der Waals surface area contributed by atoms with Crippen LogP contribution in [0.15, 0.2) is 39.9 Å². The third kappa shape index (κ3) is 4.00. The van der Waals surface area contributed by atoms with Crippen molar-refractivity contribution < 1.29 is 0 Å². The molecule has 0 aliphatic rings. The highest BCUT2D eigenvalue weighted by Gasteiger charge is 2.25. The standard InChI is InChI=1S/C19H24N4O2/c1-19(2,3)13-23(12-14-9-7-6-8-10-14)16-15(11-20)17(24)22(5)18(25)21(16)4/h6-10H,12-13H2,1-5H3. The van der Waals surface area contributed by atoms with Gasteiger partial charge in [-0.25, -0.2) is 4.79 Å². The largest absolute Gasteiger partial charge is 0.352 e. The van der Waals surface area contributed by atoms with E-state index in [1.807, 2.05) is 41.3 Å². The Bertz CT molecular complexity index is 912. The highest BCUT2D eigenvalue weighted by Crippen LogP contribution is 2.24. The van der Waals surface area contributed by atoms with Crippen molar-refractivity contribution in [1.29, 1.82) is 5.26 Å². The lowest BCUT2D eigenvalue weighted by Gasteiger charge is -2.33. The molecule has 0 saturated carbocycles. The molecule has 2 aromatic rings.